The first-order valence-electron chi connectivity index (χ1n) is 5.95. The van der Waals surface area contributed by atoms with Gasteiger partial charge in [0.1, 0.15) is 11.6 Å². The number of benzene rings is 1. The van der Waals surface area contributed by atoms with Crippen LogP contribution in [0.1, 0.15) is 19.8 Å². The number of rotatable bonds is 4. The second kappa shape index (κ2) is 5.11. The zero-order valence-corrected chi connectivity index (χ0v) is 10.3. The summed E-state index contributed by atoms with van der Waals surface area (Å²) in [5.41, 5.74) is 0.148. The first kappa shape index (κ1) is 13.7. The van der Waals surface area contributed by atoms with Crippen molar-refractivity contribution in [3.05, 3.63) is 30.2 Å². The molecule has 0 unspecified atom stereocenters. The first-order chi connectivity index (χ1) is 8.92. The minimum Gasteiger partial charge on any atom is -0.405 e. The summed E-state index contributed by atoms with van der Waals surface area (Å²) in [6, 6.07) is 3.43. The van der Waals surface area contributed by atoms with Crippen molar-refractivity contribution >= 4 is 10.9 Å². The highest BCUT2D eigenvalue weighted by molar-refractivity contribution is 5.87. The molecule has 2 aromatic rings. The molecule has 0 aliphatic rings. The fraction of sp³-hybridized carbons (Fsp3) is 0.385. The summed E-state index contributed by atoms with van der Waals surface area (Å²) < 4.78 is 56.0. The van der Waals surface area contributed by atoms with Crippen molar-refractivity contribution in [2.24, 2.45) is 0 Å². The molecule has 1 heterocycles. The summed E-state index contributed by atoms with van der Waals surface area (Å²) in [7, 11) is 0. The van der Waals surface area contributed by atoms with Crippen LogP contribution in [0.3, 0.4) is 0 Å². The van der Waals surface area contributed by atoms with Gasteiger partial charge in [-0.15, -0.1) is 13.2 Å². The molecule has 0 atom stereocenters. The third kappa shape index (κ3) is 3.00. The molecule has 0 radical (unpaired) electrons. The molecule has 0 spiro atoms. The minimum absolute atomic E-state index is 0.133. The van der Waals surface area contributed by atoms with Crippen LogP contribution in [0.4, 0.5) is 17.6 Å². The van der Waals surface area contributed by atoms with Gasteiger partial charge in [0.15, 0.2) is 0 Å². The van der Waals surface area contributed by atoms with E-state index in [0.29, 0.717) is 6.54 Å². The van der Waals surface area contributed by atoms with Gasteiger partial charge in [-0.2, -0.15) is 0 Å². The number of ether oxygens (including phenoxy) is 1. The van der Waals surface area contributed by atoms with Crippen LogP contribution in [0.2, 0.25) is 0 Å². The maximum atomic E-state index is 13.8. The topological polar surface area (TPSA) is 14.2 Å². The highest BCUT2D eigenvalue weighted by Gasteiger charge is 2.32. The van der Waals surface area contributed by atoms with Crippen molar-refractivity contribution in [1.29, 1.82) is 0 Å². The number of hydrogen-bond donors (Lipinski definition) is 0. The molecule has 0 aliphatic heterocycles. The van der Waals surface area contributed by atoms with Crippen LogP contribution >= 0.6 is 0 Å². The minimum atomic E-state index is -4.78. The molecule has 0 amide bonds. The highest BCUT2D eigenvalue weighted by atomic mass is 19.4. The largest absolute Gasteiger partial charge is 0.573 e. The maximum absolute atomic E-state index is 13.8. The number of aromatic nitrogens is 1. The van der Waals surface area contributed by atoms with E-state index in [4.69, 9.17) is 0 Å². The molecule has 0 bridgehead atoms. The average molecular weight is 275 g/mol. The van der Waals surface area contributed by atoms with E-state index in [2.05, 4.69) is 4.74 Å². The summed E-state index contributed by atoms with van der Waals surface area (Å²) in [6.07, 6.45) is -1.46. The molecule has 0 aliphatic carbocycles. The van der Waals surface area contributed by atoms with Gasteiger partial charge >= 0.3 is 6.36 Å². The van der Waals surface area contributed by atoms with Crippen LogP contribution in [0.15, 0.2) is 24.4 Å². The lowest BCUT2D eigenvalue weighted by Gasteiger charge is -2.11. The Balaban J connectivity index is 2.46. The predicted molar refractivity (Wildman–Crippen MR) is 63.5 cm³/mol. The molecule has 2 rings (SSSR count). The summed E-state index contributed by atoms with van der Waals surface area (Å²) >= 11 is 0. The van der Waals surface area contributed by atoms with E-state index in [1.165, 1.54) is 6.07 Å². The molecular formula is C13H13F4NO. The first-order valence-corrected chi connectivity index (χ1v) is 5.95. The number of nitrogens with zero attached hydrogens (tertiary/aromatic N) is 1. The smallest absolute Gasteiger partial charge is 0.405 e. The Kier molecular flexibility index (Phi) is 3.68. The number of aryl methyl sites for hydroxylation is 1. The lowest BCUT2D eigenvalue weighted by molar-refractivity contribution is -0.274. The zero-order chi connectivity index (χ0) is 14.0. The van der Waals surface area contributed by atoms with E-state index in [1.54, 1.807) is 10.8 Å². The van der Waals surface area contributed by atoms with Crippen LogP contribution < -0.4 is 4.74 Å². The number of hydrogen-bond acceptors (Lipinski definition) is 1. The van der Waals surface area contributed by atoms with Gasteiger partial charge in [0.2, 0.25) is 0 Å². The Bertz CT molecular complexity index is 574. The van der Waals surface area contributed by atoms with Crippen molar-refractivity contribution < 1.29 is 22.3 Å². The molecule has 104 valence electrons. The quantitative estimate of drug-likeness (QED) is 0.750. The fourth-order valence-corrected chi connectivity index (χ4v) is 1.98. The molecule has 0 saturated heterocycles. The van der Waals surface area contributed by atoms with Crippen molar-refractivity contribution in [3.63, 3.8) is 0 Å². The van der Waals surface area contributed by atoms with E-state index in [-0.39, 0.29) is 16.7 Å². The van der Waals surface area contributed by atoms with Gasteiger partial charge in [-0.3, -0.25) is 0 Å². The van der Waals surface area contributed by atoms with Gasteiger partial charge in [-0.05, 0) is 24.6 Å². The maximum Gasteiger partial charge on any atom is 0.573 e. The molecule has 0 saturated carbocycles. The van der Waals surface area contributed by atoms with E-state index < -0.39 is 12.2 Å². The Labute approximate surface area is 107 Å². The van der Waals surface area contributed by atoms with Crippen molar-refractivity contribution in [2.45, 2.75) is 32.7 Å². The van der Waals surface area contributed by atoms with Crippen LogP contribution in [0, 0.1) is 5.82 Å². The lowest BCUT2D eigenvalue weighted by Crippen LogP contribution is -2.17. The summed E-state index contributed by atoms with van der Waals surface area (Å²) in [5, 5.41) is 0.133. The number of halogens is 4. The summed E-state index contributed by atoms with van der Waals surface area (Å²) in [6.45, 7) is 2.55. The van der Waals surface area contributed by atoms with Gasteiger partial charge in [-0.25, -0.2) is 4.39 Å². The second-order valence-electron chi connectivity index (χ2n) is 4.22. The third-order valence-corrected chi connectivity index (χ3v) is 2.81. The molecular weight excluding hydrogens is 262 g/mol. The average Bonchev–Trinajstić information content (AvgIpc) is 2.73. The summed E-state index contributed by atoms with van der Waals surface area (Å²) in [4.78, 5) is 0. The molecule has 19 heavy (non-hydrogen) atoms. The number of fused-ring (bicyclic) bond motifs is 1. The molecule has 1 aromatic heterocycles. The summed E-state index contributed by atoms with van der Waals surface area (Å²) in [5.74, 6) is -0.926. The molecule has 2 nitrogen and oxygen atoms in total. The molecule has 6 heteroatoms. The molecule has 1 aromatic carbocycles. The Morgan fingerprint density at radius 3 is 2.58 bits per heavy atom. The normalized spacial score (nSPS) is 12.1. The number of unbranched alkanes of at least 4 members (excludes halogenated alkanes) is 1. The van der Waals surface area contributed by atoms with E-state index in [9.17, 15) is 17.6 Å². The van der Waals surface area contributed by atoms with Crippen molar-refractivity contribution in [1.82, 2.24) is 4.57 Å². The van der Waals surface area contributed by atoms with Gasteiger partial charge in [-0.1, -0.05) is 13.3 Å². The van der Waals surface area contributed by atoms with Crippen LogP contribution in [0.25, 0.3) is 10.9 Å². The van der Waals surface area contributed by atoms with Gasteiger partial charge in [0.05, 0.1) is 5.52 Å². The van der Waals surface area contributed by atoms with Crippen molar-refractivity contribution in [2.75, 3.05) is 0 Å². The van der Waals surface area contributed by atoms with Crippen molar-refractivity contribution in [3.8, 4) is 5.75 Å². The van der Waals surface area contributed by atoms with Crippen LogP contribution in [0.5, 0.6) is 5.75 Å². The SMILES string of the molecule is CCCCn1ccc2c(OC(F)(F)F)ccc(F)c21. The molecule has 0 fully saturated rings. The Morgan fingerprint density at radius 2 is 1.95 bits per heavy atom. The second-order valence-corrected chi connectivity index (χ2v) is 4.22. The Hall–Kier alpha value is -1.72. The lowest BCUT2D eigenvalue weighted by atomic mass is 10.2. The van der Waals surface area contributed by atoms with E-state index >= 15 is 0 Å². The number of alkyl halides is 3. The van der Waals surface area contributed by atoms with E-state index in [0.717, 1.165) is 25.0 Å². The van der Waals surface area contributed by atoms with Crippen LogP contribution in [-0.4, -0.2) is 10.9 Å². The van der Waals surface area contributed by atoms with Gasteiger partial charge in [0.25, 0.3) is 0 Å². The highest BCUT2D eigenvalue weighted by Crippen LogP contribution is 2.32. The van der Waals surface area contributed by atoms with Gasteiger partial charge < -0.3 is 9.30 Å². The molecule has 0 N–H and O–H groups in total. The zero-order valence-electron chi connectivity index (χ0n) is 10.3. The monoisotopic (exact) mass is 275 g/mol. The standard InChI is InChI=1S/C13H13F4NO/c1-2-3-7-18-8-6-9-11(19-13(15,16)17)5-4-10(14)12(9)18/h4-6,8H,2-3,7H2,1H3. The Morgan fingerprint density at radius 1 is 1.21 bits per heavy atom. The fourth-order valence-electron chi connectivity index (χ4n) is 1.98. The predicted octanol–water partition coefficient (Wildman–Crippen LogP) is 4.48. The van der Waals surface area contributed by atoms with Crippen LogP contribution in [-0.2, 0) is 6.54 Å². The van der Waals surface area contributed by atoms with E-state index in [1.807, 2.05) is 6.92 Å². The third-order valence-electron chi connectivity index (χ3n) is 2.81. The van der Waals surface area contributed by atoms with Gasteiger partial charge in [0, 0.05) is 18.1 Å².